The van der Waals surface area contributed by atoms with Crippen LogP contribution in [0, 0.1) is 5.92 Å². The summed E-state index contributed by atoms with van der Waals surface area (Å²) in [5.74, 6) is 2.18. The second-order valence-corrected chi connectivity index (χ2v) is 5.40. The first kappa shape index (κ1) is 14.0. The zero-order valence-corrected chi connectivity index (χ0v) is 12.0. The van der Waals surface area contributed by atoms with Crippen LogP contribution >= 0.6 is 0 Å². The zero-order chi connectivity index (χ0) is 14.5. The molecule has 0 saturated heterocycles. The average Bonchev–Trinajstić information content (AvgIpc) is 2.95. The van der Waals surface area contributed by atoms with Crippen molar-refractivity contribution in [2.24, 2.45) is 5.92 Å². The van der Waals surface area contributed by atoms with Gasteiger partial charge in [-0.25, -0.2) is 0 Å². The molecule has 2 aromatic rings. The van der Waals surface area contributed by atoms with Crippen molar-refractivity contribution in [3.05, 3.63) is 59.7 Å². The molecule has 0 fully saturated rings. The minimum atomic E-state index is 0.0283. The number of rotatable bonds is 6. The summed E-state index contributed by atoms with van der Waals surface area (Å²) in [4.78, 5) is 0. The van der Waals surface area contributed by atoms with Crippen molar-refractivity contribution in [2.45, 2.75) is 12.8 Å². The van der Waals surface area contributed by atoms with Crippen molar-refractivity contribution in [2.75, 3.05) is 19.8 Å². The average molecular weight is 284 g/mol. The molecule has 2 aromatic carbocycles. The van der Waals surface area contributed by atoms with Gasteiger partial charge in [-0.3, -0.25) is 0 Å². The Balaban J connectivity index is 1.50. The van der Waals surface area contributed by atoms with Crippen LogP contribution < -0.4 is 9.47 Å². The summed E-state index contributed by atoms with van der Waals surface area (Å²) in [6.45, 7) is 1.09. The lowest BCUT2D eigenvalue weighted by molar-refractivity contribution is 0.201. The van der Waals surface area contributed by atoms with E-state index in [1.807, 2.05) is 24.3 Å². The first-order chi connectivity index (χ1) is 10.3. The standard InChI is InChI=1S/C18H20O3/c19-9-10-20-17-5-7-18(8-6-17)21-13-14-11-15-3-1-2-4-16(15)12-14/h1-8,14,19H,9-13H2. The molecule has 0 atom stereocenters. The third-order valence-electron chi connectivity index (χ3n) is 3.81. The predicted octanol–water partition coefficient (Wildman–Crippen LogP) is 2.85. The number of ether oxygens (including phenoxy) is 2. The summed E-state index contributed by atoms with van der Waals surface area (Å²) in [7, 11) is 0. The van der Waals surface area contributed by atoms with Gasteiger partial charge in [-0.2, -0.15) is 0 Å². The fraction of sp³-hybridized carbons (Fsp3) is 0.333. The monoisotopic (exact) mass is 284 g/mol. The lowest BCUT2D eigenvalue weighted by Crippen LogP contribution is -2.12. The maximum atomic E-state index is 8.71. The van der Waals surface area contributed by atoms with Gasteiger partial charge in [-0.15, -0.1) is 0 Å². The van der Waals surface area contributed by atoms with Crippen molar-refractivity contribution in [1.82, 2.24) is 0 Å². The Morgan fingerprint density at radius 1 is 0.857 bits per heavy atom. The van der Waals surface area contributed by atoms with Gasteiger partial charge in [0.1, 0.15) is 18.1 Å². The summed E-state index contributed by atoms with van der Waals surface area (Å²) in [5, 5.41) is 8.71. The van der Waals surface area contributed by atoms with Gasteiger partial charge in [0.2, 0.25) is 0 Å². The van der Waals surface area contributed by atoms with Crippen LogP contribution in [0.5, 0.6) is 11.5 Å². The fourth-order valence-electron chi connectivity index (χ4n) is 2.78. The molecule has 0 spiro atoms. The van der Waals surface area contributed by atoms with E-state index < -0.39 is 0 Å². The van der Waals surface area contributed by atoms with Crippen LogP contribution in [-0.4, -0.2) is 24.9 Å². The number of hydrogen-bond acceptors (Lipinski definition) is 3. The number of aliphatic hydroxyl groups is 1. The van der Waals surface area contributed by atoms with E-state index in [1.165, 1.54) is 11.1 Å². The molecule has 1 aliphatic carbocycles. The van der Waals surface area contributed by atoms with Crippen LogP contribution in [0.25, 0.3) is 0 Å². The first-order valence-corrected chi connectivity index (χ1v) is 7.38. The first-order valence-electron chi connectivity index (χ1n) is 7.38. The molecule has 3 nitrogen and oxygen atoms in total. The van der Waals surface area contributed by atoms with Crippen molar-refractivity contribution in [3.8, 4) is 11.5 Å². The molecule has 0 unspecified atom stereocenters. The van der Waals surface area contributed by atoms with Crippen LogP contribution in [0.15, 0.2) is 48.5 Å². The smallest absolute Gasteiger partial charge is 0.119 e. The Bertz CT molecular complexity index is 552. The molecule has 3 rings (SSSR count). The molecule has 0 heterocycles. The molecule has 0 aromatic heterocycles. The quantitative estimate of drug-likeness (QED) is 0.886. The molecule has 0 bridgehead atoms. The molecule has 0 saturated carbocycles. The summed E-state index contributed by atoms with van der Waals surface area (Å²) >= 11 is 0. The molecule has 110 valence electrons. The van der Waals surface area contributed by atoms with Gasteiger partial charge in [0.25, 0.3) is 0 Å². The van der Waals surface area contributed by atoms with E-state index in [9.17, 15) is 0 Å². The Morgan fingerprint density at radius 2 is 1.43 bits per heavy atom. The second-order valence-electron chi connectivity index (χ2n) is 5.40. The molecule has 3 heteroatoms. The minimum absolute atomic E-state index is 0.0283. The molecule has 1 N–H and O–H groups in total. The highest BCUT2D eigenvalue weighted by Crippen LogP contribution is 2.27. The van der Waals surface area contributed by atoms with Crippen molar-refractivity contribution >= 4 is 0 Å². The molecule has 0 radical (unpaired) electrons. The highest BCUT2D eigenvalue weighted by Gasteiger charge is 2.21. The molecule has 1 aliphatic rings. The predicted molar refractivity (Wildman–Crippen MR) is 81.9 cm³/mol. The summed E-state index contributed by atoms with van der Waals surface area (Å²) in [6, 6.07) is 16.2. The van der Waals surface area contributed by atoms with Crippen LogP contribution in [-0.2, 0) is 12.8 Å². The van der Waals surface area contributed by atoms with Crippen molar-refractivity contribution in [3.63, 3.8) is 0 Å². The largest absolute Gasteiger partial charge is 0.493 e. The highest BCUT2D eigenvalue weighted by molar-refractivity contribution is 5.33. The van der Waals surface area contributed by atoms with Crippen molar-refractivity contribution < 1.29 is 14.6 Å². The molecule has 0 aliphatic heterocycles. The van der Waals surface area contributed by atoms with Gasteiger partial charge < -0.3 is 14.6 Å². The summed E-state index contributed by atoms with van der Waals surface area (Å²) in [6.07, 6.45) is 2.21. The number of fused-ring (bicyclic) bond motifs is 1. The summed E-state index contributed by atoms with van der Waals surface area (Å²) in [5.41, 5.74) is 2.91. The summed E-state index contributed by atoms with van der Waals surface area (Å²) < 4.78 is 11.2. The SMILES string of the molecule is OCCOc1ccc(OCC2Cc3ccccc3C2)cc1. The maximum absolute atomic E-state index is 8.71. The van der Waals surface area contributed by atoms with Crippen LogP contribution in [0.1, 0.15) is 11.1 Å². The van der Waals surface area contributed by atoms with E-state index in [0.29, 0.717) is 12.5 Å². The van der Waals surface area contributed by atoms with Gasteiger partial charge in [0, 0.05) is 5.92 Å². The van der Waals surface area contributed by atoms with Gasteiger partial charge in [0.05, 0.1) is 13.2 Å². The van der Waals surface area contributed by atoms with Crippen molar-refractivity contribution in [1.29, 1.82) is 0 Å². The molecular formula is C18H20O3. The van der Waals surface area contributed by atoms with E-state index in [2.05, 4.69) is 24.3 Å². The van der Waals surface area contributed by atoms with E-state index in [4.69, 9.17) is 14.6 Å². The minimum Gasteiger partial charge on any atom is -0.493 e. The second kappa shape index (κ2) is 6.64. The number of benzene rings is 2. The highest BCUT2D eigenvalue weighted by atomic mass is 16.5. The van der Waals surface area contributed by atoms with Gasteiger partial charge >= 0.3 is 0 Å². The number of aliphatic hydroxyl groups excluding tert-OH is 1. The van der Waals surface area contributed by atoms with E-state index in [0.717, 1.165) is 30.9 Å². The topological polar surface area (TPSA) is 38.7 Å². The van der Waals surface area contributed by atoms with Crippen LogP contribution in [0.4, 0.5) is 0 Å². The maximum Gasteiger partial charge on any atom is 0.119 e. The third-order valence-corrected chi connectivity index (χ3v) is 3.81. The Kier molecular flexibility index (Phi) is 4.41. The van der Waals surface area contributed by atoms with E-state index >= 15 is 0 Å². The molecular weight excluding hydrogens is 264 g/mol. The van der Waals surface area contributed by atoms with Gasteiger partial charge in [-0.05, 0) is 48.2 Å². The van der Waals surface area contributed by atoms with E-state index in [1.54, 1.807) is 0 Å². The third kappa shape index (κ3) is 3.56. The Hall–Kier alpha value is -2.00. The Labute approximate surface area is 125 Å². The van der Waals surface area contributed by atoms with Crippen LogP contribution in [0.3, 0.4) is 0 Å². The van der Waals surface area contributed by atoms with E-state index in [-0.39, 0.29) is 6.61 Å². The Morgan fingerprint density at radius 3 is 2.00 bits per heavy atom. The zero-order valence-electron chi connectivity index (χ0n) is 12.0. The lowest BCUT2D eigenvalue weighted by Gasteiger charge is -2.12. The normalized spacial score (nSPS) is 14.0. The fourth-order valence-corrected chi connectivity index (χ4v) is 2.78. The number of hydrogen-bond donors (Lipinski definition) is 1. The van der Waals surface area contributed by atoms with Gasteiger partial charge in [0.15, 0.2) is 0 Å². The van der Waals surface area contributed by atoms with Crippen LogP contribution in [0.2, 0.25) is 0 Å². The van der Waals surface area contributed by atoms with Gasteiger partial charge in [-0.1, -0.05) is 24.3 Å². The lowest BCUT2D eigenvalue weighted by atomic mass is 10.1. The molecule has 21 heavy (non-hydrogen) atoms. The molecule has 0 amide bonds.